The van der Waals surface area contributed by atoms with E-state index in [-0.39, 0.29) is 48.1 Å². The Kier molecular flexibility index (Phi) is 5.78. The van der Waals surface area contributed by atoms with Crippen LogP contribution in [0.4, 0.5) is 15.8 Å². The van der Waals surface area contributed by atoms with Crippen LogP contribution in [0.1, 0.15) is 33.5 Å². The number of aromatic nitrogens is 2. The van der Waals surface area contributed by atoms with E-state index in [9.17, 15) is 24.1 Å². The maximum Gasteiger partial charge on any atom is 0.359 e. The third kappa shape index (κ3) is 3.88. The number of carbonyl (C=O) groups excluding carboxylic acids is 2. The van der Waals surface area contributed by atoms with Crippen molar-refractivity contribution < 1.29 is 28.4 Å². The van der Waals surface area contributed by atoms with Gasteiger partial charge in [0.25, 0.3) is 11.6 Å². The molecule has 0 unspecified atom stereocenters. The smallest absolute Gasteiger partial charge is 0.359 e. The van der Waals surface area contributed by atoms with Gasteiger partial charge in [-0.3, -0.25) is 14.9 Å². The van der Waals surface area contributed by atoms with Crippen molar-refractivity contribution in [3.8, 4) is 11.4 Å². The van der Waals surface area contributed by atoms with Gasteiger partial charge in [0.1, 0.15) is 17.1 Å². The molecule has 1 aromatic heterocycles. The average Bonchev–Trinajstić information content (AvgIpc) is 3.20. The second-order valence-electron chi connectivity index (χ2n) is 7.11. The van der Waals surface area contributed by atoms with Crippen LogP contribution in [0.5, 0.6) is 5.75 Å². The van der Waals surface area contributed by atoms with Gasteiger partial charge >= 0.3 is 5.97 Å². The Morgan fingerprint density at radius 2 is 1.97 bits per heavy atom. The molecule has 0 atom stereocenters. The zero-order valence-electron chi connectivity index (χ0n) is 17.8. The third-order valence-corrected chi connectivity index (χ3v) is 5.24. The first-order valence-corrected chi connectivity index (χ1v) is 10.0. The van der Waals surface area contributed by atoms with Crippen LogP contribution in [-0.2, 0) is 11.2 Å². The molecule has 0 bridgehead atoms. The Bertz CT molecular complexity index is 1250. The molecule has 3 aromatic rings. The number of hydrogen-bond donors (Lipinski definition) is 0. The van der Waals surface area contributed by atoms with Crippen molar-refractivity contribution >= 4 is 23.3 Å². The Morgan fingerprint density at radius 1 is 1.24 bits per heavy atom. The molecule has 0 saturated carbocycles. The van der Waals surface area contributed by atoms with E-state index in [1.54, 1.807) is 6.92 Å². The zero-order valence-corrected chi connectivity index (χ0v) is 17.8. The molecular weight excluding hydrogens is 435 g/mol. The molecule has 0 spiro atoms. The summed E-state index contributed by atoms with van der Waals surface area (Å²) >= 11 is 0. The topological polar surface area (TPSA) is 117 Å². The lowest BCUT2D eigenvalue weighted by Gasteiger charge is -2.27. The Labute approximate surface area is 187 Å². The van der Waals surface area contributed by atoms with Gasteiger partial charge in [0.05, 0.1) is 18.6 Å². The second-order valence-corrected chi connectivity index (χ2v) is 7.11. The third-order valence-electron chi connectivity index (χ3n) is 5.24. The molecule has 0 saturated heterocycles. The van der Waals surface area contributed by atoms with Crippen molar-refractivity contribution in [1.82, 2.24) is 9.78 Å². The summed E-state index contributed by atoms with van der Waals surface area (Å²) in [6.45, 7) is 1.96. The SMILES string of the molecule is CCOC(=O)c1nn(-c2ccc(OC)cc2F)c2c1CCN(c1ccc([N+](=O)[O-])cc1)C2=O. The number of ether oxygens (including phenoxy) is 2. The van der Waals surface area contributed by atoms with Gasteiger partial charge in [0.15, 0.2) is 11.5 Å². The number of hydrogen-bond acceptors (Lipinski definition) is 7. The number of rotatable bonds is 6. The van der Waals surface area contributed by atoms with Crippen LogP contribution >= 0.6 is 0 Å². The number of anilines is 1. The van der Waals surface area contributed by atoms with Crippen molar-refractivity contribution in [1.29, 1.82) is 0 Å². The van der Waals surface area contributed by atoms with E-state index in [0.29, 0.717) is 11.3 Å². The minimum atomic E-state index is -0.710. The zero-order chi connectivity index (χ0) is 23.7. The normalized spacial score (nSPS) is 12.9. The Hall–Kier alpha value is -4.28. The molecule has 10 nitrogen and oxygen atoms in total. The van der Waals surface area contributed by atoms with E-state index in [1.807, 2.05) is 0 Å². The number of benzene rings is 2. The number of fused-ring (bicyclic) bond motifs is 1. The van der Waals surface area contributed by atoms with Crippen LogP contribution < -0.4 is 9.64 Å². The fourth-order valence-corrected chi connectivity index (χ4v) is 3.68. The number of amides is 1. The summed E-state index contributed by atoms with van der Waals surface area (Å²) in [5.41, 5.74) is 0.592. The lowest BCUT2D eigenvalue weighted by Crippen LogP contribution is -2.39. The minimum Gasteiger partial charge on any atom is -0.497 e. The summed E-state index contributed by atoms with van der Waals surface area (Å²) in [6.07, 6.45) is 0.254. The number of nitrogens with zero attached hydrogens (tertiary/aromatic N) is 4. The van der Waals surface area contributed by atoms with Gasteiger partial charge in [0.2, 0.25) is 0 Å². The molecule has 1 aliphatic heterocycles. The van der Waals surface area contributed by atoms with Crippen LogP contribution in [0.3, 0.4) is 0 Å². The number of carbonyl (C=O) groups is 2. The molecule has 1 aliphatic rings. The number of halogens is 1. The van der Waals surface area contributed by atoms with E-state index in [0.717, 1.165) is 10.7 Å². The highest BCUT2D eigenvalue weighted by Gasteiger charge is 2.36. The van der Waals surface area contributed by atoms with E-state index in [1.165, 1.54) is 48.4 Å². The summed E-state index contributed by atoms with van der Waals surface area (Å²) in [7, 11) is 1.40. The molecule has 0 aliphatic carbocycles. The van der Waals surface area contributed by atoms with Crippen molar-refractivity contribution in [3.63, 3.8) is 0 Å². The van der Waals surface area contributed by atoms with E-state index < -0.39 is 22.6 Å². The molecule has 11 heteroatoms. The molecule has 4 rings (SSSR count). The van der Waals surface area contributed by atoms with E-state index in [4.69, 9.17) is 9.47 Å². The molecule has 2 aromatic carbocycles. The van der Waals surface area contributed by atoms with Crippen LogP contribution in [0, 0.1) is 15.9 Å². The van der Waals surface area contributed by atoms with Gasteiger partial charge in [-0.25, -0.2) is 13.9 Å². The van der Waals surface area contributed by atoms with Gasteiger partial charge in [0, 0.05) is 36.0 Å². The maximum atomic E-state index is 14.9. The molecule has 0 radical (unpaired) electrons. The highest BCUT2D eigenvalue weighted by atomic mass is 19.1. The van der Waals surface area contributed by atoms with Crippen LogP contribution in [-0.4, -0.2) is 46.8 Å². The predicted molar refractivity (Wildman–Crippen MR) is 115 cm³/mol. The number of non-ortho nitro benzene ring substituents is 1. The molecule has 0 N–H and O–H groups in total. The monoisotopic (exact) mass is 454 g/mol. The highest BCUT2D eigenvalue weighted by molar-refractivity contribution is 6.09. The predicted octanol–water partition coefficient (Wildman–Crippen LogP) is 3.31. The van der Waals surface area contributed by atoms with E-state index >= 15 is 0 Å². The van der Waals surface area contributed by atoms with Crippen LogP contribution in [0.25, 0.3) is 5.69 Å². The van der Waals surface area contributed by atoms with Crippen LogP contribution in [0.15, 0.2) is 42.5 Å². The molecule has 2 heterocycles. The second kappa shape index (κ2) is 8.69. The van der Waals surface area contributed by atoms with Crippen LogP contribution in [0.2, 0.25) is 0 Å². The molecular formula is C22H19FN4O6. The molecule has 170 valence electrons. The highest BCUT2D eigenvalue weighted by Crippen LogP contribution is 2.31. The average molecular weight is 454 g/mol. The number of methoxy groups -OCH3 is 1. The van der Waals surface area contributed by atoms with Crippen molar-refractivity contribution in [2.24, 2.45) is 0 Å². The summed E-state index contributed by atoms with van der Waals surface area (Å²) in [5.74, 6) is -1.65. The van der Waals surface area contributed by atoms with E-state index in [2.05, 4.69) is 5.10 Å². The largest absolute Gasteiger partial charge is 0.497 e. The first-order chi connectivity index (χ1) is 15.8. The van der Waals surface area contributed by atoms with Crippen molar-refractivity contribution in [3.05, 3.63) is 75.3 Å². The van der Waals surface area contributed by atoms with Gasteiger partial charge in [-0.05, 0) is 37.6 Å². The van der Waals surface area contributed by atoms with Gasteiger partial charge in [-0.2, -0.15) is 5.10 Å². The molecule has 1 amide bonds. The summed E-state index contributed by atoms with van der Waals surface area (Å²) < 4.78 is 26.1. The molecule has 33 heavy (non-hydrogen) atoms. The number of esters is 1. The fraction of sp³-hybridized carbons (Fsp3) is 0.227. The first-order valence-electron chi connectivity index (χ1n) is 10.0. The summed E-state index contributed by atoms with van der Waals surface area (Å²) in [6, 6.07) is 9.57. The van der Waals surface area contributed by atoms with Crippen molar-refractivity contribution in [2.45, 2.75) is 13.3 Å². The quantitative estimate of drug-likeness (QED) is 0.319. The van der Waals surface area contributed by atoms with Crippen molar-refractivity contribution in [2.75, 3.05) is 25.2 Å². The van der Waals surface area contributed by atoms with Gasteiger partial charge < -0.3 is 14.4 Å². The number of nitro groups is 1. The summed E-state index contributed by atoms with van der Waals surface area (Å²) in [5, 5.41) is 15.2. The maximum absolute atomic E-state index is 14.9. The Morgan fingerprint density at radius 3 is 2.58 bits per heavy atom. The standard InChI is InChI=1S/C22H19FN4O6/c1-3-33-22(29)19-16-10-11-25(13-4-6-14(7-5-13)27(30)31)21(28)20(16)26(24-19)18-9-8-15(32-2)12-17(18)23/h4-9,12H,3,10-11H2,1-2H3. The summed E-state index contributed by atoms with van der Waals surface area (Å²) in [4.78, 5) is 37.8. The minimum absolute atomic E-state index is 0.0201. The Balaban J connectivity index is 1.83. The lowest BCUT2D eigenvalue weighted by molar-refractivity contribution is -0.384. The fourth-order valence-electron chi connectivity index (χ4n) is 3.68. The van der Waals surface area contributed by atoms with Gasteiger partial charge in [-0.1, -0.05) is 0 Å². The van der Waals surface area contributed by atoms with Gasteiger partial charge in [-0.15, -0.1) is 0 Å². The lowest BCUT2D eigenvalue weighted by atomic mass is 10.0. The first kappa shape index (κ1) is 21.9. The molecule has 0 fully saturated rings. The number of nitro benzene ring substituents is 1.